The molecule has 102 valence electrons. The molecule has 1 aromatic carbocycles. The second kappa shape index (κ2) is 5.90. The van der Waals surface area contributed by atoms with Crippen LogP contribution >= 0.6 is 23.2 Å². The number of carbonyl (C=O) groups excluding carboxylic acids is 1. The highest BCUT2D eigenvalue weighted by Gasteiger charge is 2.17. The number of carboxylic acid groups (broad SMARTS) is 1. The van der Waals surface area contributed by atoms with Crippen LogP contribution in [0.4, 0.5) is 5.69 Å². The molecular weight excluding hydrogens is 303 g/mol. The Morgan fingerprint density at radius 1 is 1.15 bits per heavy atom. The average Bonchev–Trinajstić information content (AvgIpc) is 2.38. The Morgan fingerprint density at radius 2 is 1.80 bits per heavy atom. The third-order valence-electron chi connectivity index (χ3n) is 2.49. The van der Waals surface area contributed by atoms with Crippen molar-refractivity contribution < 1.29 is 14.7 Å². The van der Waals surface area contributed by atoms with Crippen LogP contribution in [0.15, 0.2) is 36.7 Å². The molecule has 0 saturated heterocycles. The van der Waals surface area contributed by atoms with Crippen LogP contribution in [0, 0.1) is 0 Å². The van der Waals surface area contributed by atoms with Crippen molar-refractivity contribution in [1.29, 1.82) is 0 Å². The number of pyridine rings is 1. The fourth-order valence-electron chi connectivity index (χ4n) is 1.58. The van der Waals surface area contributed by atoms with E-state index in [1.165, 1.54) is 30.6 Å². The SMILES string of the molecule is O=C(O)c1ccncc1NC(=O)c1c(Cl)cccc1Cl. The zero-order valence-corrected chi connectivity index (χ0v) is 11.4. The Hall–Kier alpha value is -2.11. The van der Waals surface area contributed by atoms with Crippen LogP contribution in [-0.4, -0.2) is 22.0 Å². The molecule has 2 aromatic rings. The molecule has 1 amide bonds. The standard InChI is InChI=1S/C13H8Cl2N2O3/c14-8-2-1-3-9(15)11(8)12(18)17-10-6-16-5-4-7(10)13(19)20/h1-6H,(H,17,18)(H,19,20). The number of carbonyl (C=O) groups is 2. The minimum atomic E-state index is -1.17. The van der Waals surface area contributed by atoms with Crippen LogP contribution in [-0.2, 0) is 0 Å². The first-order chi connectivity index (χ1) is 9.50. The van der Waals surface area contributed by atoms with E-state index in [4.69, 9.17) is 28.3 Å². The summed E-state index contributed by atoms with van der Waals surface area (Å²) in [5.41, 5.74) is 0.0773. The van der Waals surface area contributed by atoms with Gasteiger partial charge in [-0.3, -0.25) is 9.78 Å². The molecule has 0 spiro atoms. The highest BCUT2D eigenvalue weighted by Crippen LogP contribution is 2.25. The van der Waals surface area contributed by atoms with E-state index < -0.39 is 11.9 Å². The Kier molecular flexibility index (Phi) is 4.22. The fraction of sp³-hybridized carbons (Fsp3) is 0. The second-order valence-corrected chi connectivity index (χ2v) is 4.59. The van der Waals surface area contributed by atoms with Crippen LogP contribution in [0.1, 0.15) is 20.7 Å². The van der Waals surface area contributed by atoms with Gasteiger partial charge in [-0.05, 0) is 18.2 Å². The lowest BCUT2D eigenvalue weighted by Gasteiger charge is -2.09. The summed E-state index contributed by atoms with van der Waals surface area (Å²) < 4.78 is 0. The topological polar surface area (TPSA) is 79.3 Å². The van der Waals surface area contributed by atoms with E-state index >= 15 is 0 Å². The Labute approximate surface area is 124 Å². The second-order valence-electron chi connectivity index (χ2n) is 3.78. The van der Waals surface area contributed by atoms with Crippen molar-refractivity contribution in [3.63, 3.8) is 0 Å². The first kappa shape index (κ1) is 14.3. The number of nitrogens with zero attached hydrogens (tertiary/aromatic N) is 1. The number of rotatable bonds is 3. The van der Waals surface area contributed by atoms with E-state index in [9.17, 15) is 9.59 Å². The van der Waals surface area contributed by atoms with Gasteiger partial charge in [0.05, 0.1) is 33.1 Å². The van der Waals surface area contributed by atoms with Crippen molar-refractivity contribution in [2.45, 2.75) is 0 Å². The molecule has 20 heavy (non-hydrogen) atoms. The van der Waals surface area contributed by atoms with Crippen LogP contribution < -0.4 is 5.32 Å². The molecule has 2 N–H and O–H groups in total. The number of amides is 1. The van der Waals surface area contributed by atoms with Gasteiger partial charge in [0.25, 0.3) is 5.91 Å². The Balaban J connectivity index is 2.36. The molecule has 0 aliphatic heterocycles. The normalized spacial score (nSPS) is 10.1. The molecule has 0 saturated carbocycles. The Morgan fingerprint density at radius 3 is 2.40 bits per heavy atom. The van der Waals surface area contributed by atoms with Gasteiger partial charge < -0.3 is 10.4 Å². The predicted octanol–water partition coefficient (Wildman–Crippen LogP) is 3.34. The van der Waals surface area contributed by atoms with Gasteiger partial charge in [0.2, 0.25) is 0 Å². The van der Waals surface area contributed by atoms with E-state index in [1.54, 1.807) is 6.07 Å². The number of anilines is 1. The summed E-state index contributed by atoms with van der Waals surface area (Å²) in [7, 11) is 0. The van der Waals surface area contributed by atoms with Gasteiger partial charge in [0.15, 0.2) is 0 Å². The lowest BCUT2D eigenvalue weighted by atomic mass is 10.2. The van der Waals surface area contributed by atoms with Gasteiger partial charge >= 0.3 is 5.97 Å². The summed E-state index contributed by atoms with van der Waals surface area (Å²) in [4.78, 5) is 26.9. The lowest BCUT2D eigenvalue weighted by molar-refractivity contribution is 0.0698. The van der Waals surface area contributed by atoms with Gasteiger partial charge in [0.1, 0.15) is 0 Å². The molecule has 0 atom stereocenters. The quantitative estimate of drug-likeness (QED) is 0.911. The number of aromatic carboxylic acids is 1. The molecule has 0 aliphatic carbocycles. The molecule has 7 heteroatoms. The summed E-state index contributed by atoms with van der Waals surface area (Å²) in [5, 5.41) is 11.8. The first-order valence-corrected chi connectivity index (χ1v) is 6.19. The van der Waals surface area contributed by atoms with Crippen molar-refractivity contribution in [2.75, 3.05) is 5.32 Å². The summed E-state index contributed by atoms with van der Waals surface area (Å²) in [6.07, 6.45) is 2.56. The number of nitrogens with one attached hydrogen (secondary N) is 1. The van der Waals surface area contributed by atoms with Crippen molar-refractivity contribution in [2.24, 2.45) is 0 Å². The first-order valence-electron chi connectivity index (χ1n) is 5.43. The van der Waals surface area contributed by atoms with E-state index in [0.717, 1.165) is 0 Å². The average molecular weight is 311 g/mol. The van der Waals surface area contributed by atoms with Gasteiger partial charge in [-0.25, -0.2) is 4.79 Å². The van der Waals surface area contributed by atoms with Crippen molar-refractivity contribution in [1.82, 2.24) is 4.98 Å². The maximum atomic E-state index is 12.1. The highest BCUT2D eigenvalue weighted by molar-refractivity contribution is 6.40. The number of aromatic nitrogens is 1. The van der Waals surface area contributed by atoms with Gasteiger partial charge in [-0.2, -0.15) is 0 Å². The molecule has 0 radical (unpaired) electrons. The van der Waals surface area contributed by atoms with E-state index in [-0.39, 0.29) is 26.9 Å². The molecule has 1 aromatic heterocycles. The summed E-state index contributed by atoms with van der Waals surface area (Å²) in [6, 6.07) is 5.92. The largest absolute Gasteiger partial charge is 0.478 e. The number of benzene rings is 1. The molecule has 0 aliphatic rings. The smallest absolute Gasteiger partial charge is 0.337 e. The molecule has 2 rings (SSSR count). The number of hydrogen-bond acceptors (Lipinski definition) is 3. The van der Waals surface area contributed by atoms with Crippen LogP contribution in [0.25, 0.3) is 0 Å². The summed E-state index contributed by atoms with van der Waals surface area (Å²) in [6.45, 7) is 0. The van der Waals surface area contributed by atoms with Crippen molar-refractivity contribution in [3.8, 4) is 0 Å². The monoisotopic (exact) mass is 310 g/mol. The minimum Gasteiger partial charge on any atom is -0.478 e. The van der Waals surface area contributed by atoms with Gasteiger partial charge in [-0.1, -0.05) is 29.3 Å². The number of halogens is 2. The number of hydrogen-bond donors (Lipinski definition) is 2. The summed E-state index contributed by atoms with van der Waals surface area (Å²) >= 11 is 11.8. The lowest BCUT2D eigenvalue weighted by Crippen LogP contribution is -2.16. The molecule has 0 bridgehead atoms. The zero-order valence-electron chi connectivity index (χ0n) is 9.93. The fourth-order valence-corrected chi connectivity index (χ4v) is 2.15. The zero-order chi connectivity index (χ0) is 14.7. The maximum absolute atomic E-state index is 12.1. The third-order valence-corrected chi connectivity index (χ3v) is 3.12. The molecular formula is C13H8Cl2N2O3. The van der Waals surface area contributed by atoms with Crippen LogP contribution in [0.2, 0.25) is 10.0 Å². The molecule has 5 nitrogen and oxygen atoms in total. The van der Waals surface area contributed by atoms with Crippen LogP contribution in [0.3, 0.4) is 0 Å². The van der Waals surface area contributed by atoms with Crippen molar-refractivity contribution in [3.05, 3.63) is 57.8 Å². The molecule has 0 fully saturated rings. The van der Waals surface area contributed by atoms with Crippen LogP contribution in [0.5, 0.6) is 0 Å². The maximum Gasteiger partial charge on any atom is 0.337 e. The van der Waals surface area contributed by atoms with E-state index in [2.05, 4.69) is 10.3 Å². The van der Waals surface area contributed by atoms with Crippen molar-refractivity contribution >= 4 is 40.8 Å². The predicted molar refractivity (Wildman–Crippen MR) is 75.6 cm³/mol. The molecule has 0 unspecified atom stereocenters. The van der Waals surface area contributed by atoms with Gasteiger partial charge in [0, 0.05) is 6.20 Å². The highest BCUT2D eigenvalue weighted by atomic mass is 35.5. The minimum absolute atomic E-state index is 0.0704. The Bertz CT molecular complexity index is 669. The van der Waals surface area contributed by atoms with Gasteiger partial charge in [-0.15, -0.1) is 0 Å². The number of carboxylic acids is 1. The molecule has 1 heterocycles. The van der Waals surface area contributed by atoms with E-state index in [0.29, 0.717) is 0 Å². The summed E-state index contributed by atoms with van der Waals surface area (Å²) in [5.74, 6) is -1.77. The third kappa shape index (κ3) is 2.89. The van der Waals surface area contributed by atoms with E-state index in [1.807, 2.05) is 0 Å².